The Balaban J connectivity index is 1.24. The third-order valence-electron chi connectivity index (χ3n) is 9.04. The van der Waals surface area contributed by atoms with Crippen molar-refractivity contribution >= 4 is 6.29 Å². The third-order valence-corrected chi connectivity index (χ3v) is 9.04. The van der Waals surface area contributed by atoms with Crippen LogP contribution in [0.5, 0.6) is 5.75 Å². The molecule has 0 aliphatic rings. The highest BCUT2D eigenvalue weighted by molar-refractivity contribution is 5.48. The Morgan fingerprint density at radius 1 is 0.477 bits per heavy atom. The molecular weight excluding hydrogens is 540 g/mol. The lowest BCUT2D eigenvalue weighted by molar-refractivity contribution is -0.107. The summed E-state index contributed by atoms with van der Waals surface area (Å²) < 4.78 is 11.7. The third kappa shape index (κ3) is 20.8. The Morgan fingerprint density at radius 2 is 0.886 bits per heavy atom. The van der Waals surface area contributed by atoms with Crippen LogP contribution in [-0.4, -0.2) is 26.1 Å². The average molecular weight is 607 g/mol. The van der Waals surface area contributed by atoms with Crippen LogP contribution in [0.15, 0.2) is 54.6 Å². The van der Waals surface area contributed by atoms with Crippen molar-refractivity contribution in [2.75, 3.05) is 19.8 Å². The summed E-state index contributed by atoms with van der Waals surface area (Å²) in [6, 6.07) is 19.1. The van der Waals surface area contributed by atoms with Gasteiger partial charge in [-0.3, -0.25) is 0 Å². The molecule has 0 radical (unpaired) electrons. The van der Waals surface area contributed by atoms with Crippen LogP contribution in [0.25, 0.3) is 0 Å². The summed E-state index contributed by atoms with van der Waals surface area (Å²) >= 11 is 0. The molecule has 1 atom stereocenters. The van der Waals surface area contributed by atoms with E-state index in [9.17, 15) is 4.79 Å². The molecule has 3 heteroatoms. The SMILES string of the molecule is CC(c1ccccc1)c1ccc(OCCOCCCCCCCCCCCCCCCCCCCCCCCCC=O)cc1. The maximum atomic E-state index is 10.3. The van der Waals surface area contributed by atoms with Crippen molar-refractivity contribution in [1.29, 1.82) is 0 Å². The molecule has 2 aromatic carbocycles. The van der Waals surface area contributed by atoms with Gasteiger partial charge in [0.1, 0.15) is 18.6 Å². The number of carbonyl (C=O) groups excluding carboxylic acids is 1. The summed E-state index contributed by atoms with van der Waals surface area (Å²) in [5, 5.41) is 0. The second-order valence-corrected chi connectivity index (χ2v) is 12.9. The standard InChI is InChI=1S/C41H66O3/c1-38(39-28-24-23-25-29-39)40-30-32-41(33-31-40)44-37-36-43-35-27-22-20-18-16-14-12-10-8-6-4-2-3-5-7-9-11-13-15-17-19-21-26-34-42/h23-25,28-34,38H,2-22,26-27,35-37H2,1H3. The summed E-state index contributed by atoms with van der Waals surface area (Å²) in [5.74, 6) is 1.30. The summed E-state index contributed by atoms with van der Waals surface area (Å²) in [6.45, 7) is 4.37. The number of rotatable bonds is 31. The van der Waals surface area contributed by atoms with E-state index in [-0.39, 0.29) is 0 Å². The molecule has 3 nitrogen and oxygen atoms in total. The molecule has 0 amide bonds. The van der Waals surface area contributed by atoms with Gasteiger partial charge >= 0.3 is 0 Å². The summed E-state index contributed by atoms with van der Waals surface area (Å²) in [6.07, 6.45) is 31.9. The molecule has 0 spiro atoms. The molecule has 0 aliphatic heterocycles. The molecule has 2 rings (SSSR count). The van der Waals surface area contributed by atoms with Crippen LogP contribution >= 0.6 is 0 Å². The van der Waals surface area contributed by atoms with Gasteiger partial charge in [0.2, 0.25) is 0 Å². The minimum Gasteiger partial charge on any atom is -0.491 e. The fourth-order valence-corrected chi connectivity index (χ4v) is 6.07. The van der Waals surface area contributed by atoms with E-state index in [0.29, 0.717) is 19.1 Å². The van der Waals surface area contributed by atoms with Crippen molar-refractivity contribution in [3.05, 3.63) is 65.7 Å². The number of ether oxygens (including phenoxy) is 2. The largest absolute Gasteiger partial charge is 0.491 e. The maximum Gasteiger partial charge on any atom is 0.119 e. The van der Waals surface area contributed by atoms with Gasteiger partial charge in [-0.15, -0.1) is 0 Å². The van der Waals surface area contributed by atoms with Gasteiger partial charge < -0.3 is 14.3 Å². The molecule has 248 valence electrons. The molecule has 0 N–H and O–H groups in total. The Morgan fingerprint density at radius 3 is 1.34 bits per heavy atom. The van der Waals surface area contributed by atoms with E-state index in [2.05, 4.69) is 61.5 Å². The van der Waals surface area contributed by atoms with Crippen LogP contribution in [0.1, 0.15) is 172 Å². The molecule has 0 saturated heterocycles. The lowest BCUT2D eigenvalue weighted by Gasteiger charge is -2.13. The number of hydrogen-bond donors (Lipinski definition) is 0. The Labute approximate surface area is 271 Å². The first-order valence-electron chi connectivity index (χ1n) is 18.6. The Hall–Kier alpha value is -2.13. The van der Waals surface area contributed by atoms with Crippen LogP contribution in [0.3, 0.4) is 0 Å². The fourth-order valence-electron chi connectivity index (χ4n) is 6.07. The summed E-state index contributed by atoms with van der Waals surface area (Å²) in [4.78, 5) is 10.3. The lowest BCUT2D eigenvalue weighted by Crippen LogP contribution is -2.07. The first-order chi connectivity index (χ1) is 21.8. The first kappa shape index (κ1) is 38.1. The number of carbonyl (C=O) groups is 1. The second kappa shape index (κ2) is 28.4. The molecule has 44 heavy (non-hydrogen) atoms. The minimum atomic E-state index is 0.386. The predicted octanol–water partition coefficient (Wildman–Crippen LogP) is 12.4. The molecule has 1 unspecified atom stereocenters. The van der Waals surface area contributed by atoms with Crippen molar-refractivity contribution in [2.45, 2.75) is 161 Å². The predicted molar refractivity (Wildman–Crippen MR) is 189 cm³/mol. The van der Waals surface area contributed by atoms with Gasteiger partial charge in [0.05, 0.1) is 6.61 Å². The first-order valence-corrected chi connectivity index (χ1v) is 18.6. The fraction of sp³-hybridized carbons (Fsp3) is 0.683. The van der Waals surface area contributed by atoms with Crippen molar-refractivity contribution in [1.82, 2.24) is 0 Å². The van der Waals surface area contributed by atoms with Crippen molar-refractivity contribution in [2.24, 2.45) is 0 Å². The van der Waals surface area contributed by atoms with Gasteiger partial charge in [-0.05, 0) is 36.1 Å². The Kier molecular flexibility index (Phi) is 24.5. The highest BCUT2D eigenvalue weighted by Crippen LogP contribution is 2.25. The molecular formula is C41H66O3. The van der Waals surface area contributed by atoms with E-state index in [1.54, 1.807) is 0 Å². The minimum absolute atomic E-state index is 0.386. The van der Waals surface area contributed by atoms with E-state index in [0.717, 1.165) is 37.9 Å². The van der Waals surface area contributed by atoms with E-state index in [4.69, 9.17) is 9.47 Å². The van der Waals surface area contributed by atoms with Gasteiger partial charge in [0, 0.05) is 18.9 Å². The molecule has 0 aliphatic carbocycles. The molecule has 0 fully saturated rings. The molecule has 0 heterocycles. The normalized spacial score (nSPS) is 11.9. The molecule has 0 bridgehead atoms. The molecule has 0 saturated carbocycles. The van der Waals surface area contributed by atoms with Gasteiger partial charge in [-0.25, -0.2) is 0 Å². The monoisotopic (exact) mass is 607 g/mol. The van der Waals surface area contributed by atoms with Crippen molar-refractivity contribution < 1.29 is 14.3 Å². The number of unbranched alkanes of at least 4 members (excludes halogenated alkanes) is 22. The van der Waals surface area contributed by atoms with Crippen LogP contribution in [0, 0.1) is 0 Å². The number of benzene rings is 2. The van der Waals surface area contributed by atoms with Crippen molar-refractivity contribution in [3.8, 4) is 5.75 Å². The van der Waals surface area contributed by atoms with Gasteiger partial charge in [-0.1, -0.05) is 178 Å². The number of aldehydes is 1. The zero-order valence-electron chi connectivity index (χ0n) is 28.5. The molecule has 0 aromatic heterocycles. The van der Waals surface area contributed by atoms with Crippen LogP contribution in [-0.2, 0) is 9.53 Å². The second-order valence-electron chi connectivity index (χ2n) is 12.9. The zero-order chi connectivity index (χ0) is 31.2. The maximum absolute atomic E-state index is 10.3. The highest BCUT2D eigenvalue weighted by atomic mass is 16.5. The van der Waals surface area contributed by atoms with E-state index < -0.39 is 0 Å². The van der Waals surface area contributed by atoms with E-state index in [1.807, 2.05) is 0 Å². The highest BCUT2D eigenvalue weighted by Gasteiger charge is 2.08. The van der Waals surface area contributed by atoms with Crippen LogP contribution < -0.4 is 4.74 Å². The summed E-state index contributed by atoms with van der Waals surface area (Å²) in [7, 11) is 0. The average Bonchev–Trinajstić information content (AvgIpc) is 3.06. The number of hydrogen-bond acceptors (Lipinski definition) is 3. The van der Waals surface area contributed by atoms with Gasteiger partial charge in [0.15, 0.2) is 0 Å². The van der Waals surface area contributed by atoms with Crippen LogP contribution in [0.2, 0.25) is 0 Å². The molecule has 2 aromatic rings. The van der Waals surface area contributed by atoms with E-state index >= 15 is 0 Å². The van der Waals surface area contributed by atoms with Crippen LogP contribution in [0.4, 0.5) is 0 Å². The van der Waals surface area contributed by atoms with Crippen molar-refractivity contribution in [3.63, 3.8) is 0 Å². The quantitative estimate of drug-likeness (QED) is 0.0632. The van der Waals surface area contributed by atoms with Gasteiger partial charge in [-0.2, -0.15) is 0 Å². The van der Waals surface area contributed by atoms with Gasteiger partial charge in [0.25, 0.3) is 0 Å². The Bertz CT molecular complexity index is 878. The zero-order valence-corrected chi connectivity index (χ0v) is 28.5. The topological polar surface area (TPSA) is 35.5 Å². The summed E-state index contributed by atoms with van der Waals surface area (Å²) in [5.41, 5.74) is 2.65. The van der Waals surface area contributed by atoms with E-state index in [1.165, 1.54) is 140 Å². The smallest absolute Gasteiger partial charge is 0.119 e. The lowest BCUT2D eigenvalue weighted by atomic mass is 9.93.